The summed E-state index contributed by atoms with van der Waals surface area (Å²) in [6.45, 7) is 1.84. The van der Waals surface area contributed by atoms with Crippen molar-refractivity contribution in [2.75, 3.05) is 19.7 Å². The zero-order chi connectivity index (χ0) is 23.0. The molecule has 0 aromatic heterocycles. The molecule has 0 aliphatic heterocycles. The van der Waals surface area contributed by atoms with Crippen LogP contribution < -0.4 is 0 Å². The Morgan fingerprint density at radius 2 is 1.84 bits per heavy atom. The fraction of sp³-hybridized carbons (Fsp3) is 0.350. The zero-order valence-corrected chi connectivity index (χ0v) is 18.3. The molecular weight excluding hydrogens is 449 g/mol. The van der Waals surface area contributed by atoms with Gasteiger partial charge < -0.3 is 15.2 Å². The lowest BCUT2D eigenvalue weighted by Gasteiger charge is -2.27. The van der Waals surface area contributed by atoms with Gasteiger partial charge in [-0.3, -0.25) is 14.9 Å². The van der Waals surface area contributed by atoms with E-state index in [2.05, 4.69) is 0 Å². The van der Waals surface area contributed by atoms with Crippen LogP contribution in [0, 0.1) is 10.1 Å². The van der Waals surface area contributed by atoms with Crippen molar-refractivity contribution in [3.05, 3.63) is 73.8 Å². The highest BCUT2D eigenvalue weighted by Gasteiger charge is 2.24. The maximum absolute atomic E-state index is 12.0. The number of nitro groups is 1. The molecular formula is C20H23Cl2N3O6. The van der Waals surface area contributed by atoms with Crippen LogP contribution in [0.15, 0.2) is 42.5 Å². The molecule has 1 unspecified atom stereocenters. The lowest BCUT2D eigenvalue weighted by Crippen LogP contribution is -2.35. The molecule has 168 valence electrons. The van der Waals surface area contributed by atoms with Crippen molar-refractivity contribution in [3.63, 3.8) is 0 Å². The van der Waals surface area contributed by atoms with Gasteiger partial charge in [-0.05, 0) is 36.2 Å². The standard InChI is InChI=1S/C20H23Cl2N3O6/c1-2-31-20(26)12-19(15-9-16(21)11-17(22)10-15)24(28)7-6-23(27)13-14-4-3-5-18(8-14)25(29)30/h3-5,8-11,19,27-28H,2,6-7,12-13H2,1H3. The van der Waals surface area contributed by atoms with Crippen molar-refractivity contribution in [1.82, 2.24) is 10.1 Å². The van der Waals surface area contributed by atoms with Crippen LogP contribution in [0.2, 0.25) is 10.0 Å². The van der Waals surface area contributed by atoms with Crippen LogP contribution >= 0.6 is 23.2 Å². The van der Waals surface area contributed by atoms with E-state index in [1.165, 1.54) is 24.3 Å². The number of esters is 1. The number of hydroxylamine groups is 4. The highest BCUT2D eigenvalue weighted by Crippen LogP contribution is 2.29. The Hall–Kier alpha value is -2.27. The van der Waals surface area contributed by atoms with Gasteiger partial charge in [-0.15, -0.1) is 0 Å². The Kier molecular flexibility index (Phi) is 9.63. The molecule has 0 aliphatic carbocycles. The summed E-state index contributed by atoms with van der Waals surface area (Å²) in [6, 6.07) is 9.78. The van der Waals surface area contributed by atoms with Gasteiger partial charge in [0.25, 0.3) is 5.69 Å². The predicted octanol–water partition coefficient (Wildman–Crippen LogP) is 4.48. The second-order valence-corrected chi connectivity index (χ2v) is 7.58. The molecule has 0 saturated carbocycles. The first-order chi connectivity index (χ1) is 14.7. The molecule has 0 radical (unpaired) electrons. The zero-order valence-electron chi connectivity index (χ0n) is 16.8. The van der Waals surface area contributed by atoms with E-state index in [0.717, 1.165) is 10.1 Å². The van der Waals surface area contributed by atoms with Gasteiger partial charge in [0.1, 0.15) is 0 Å². The van der Waals surface area contributed by atoms with Gasteiger partial charge in [-0.25, -0.2) is 0 Å². The van der Waals surface area contributed by atoms with E-state index in [1.807, 2.05) is 0 Å². The third kappa shape index (κ3) is 8.06. The fourth-order valence-electron chi connectivity index (χ4n) is 2.97. The molecule has 9 nitrogen and oxygen atoms in total. The summed E-state index contributed by atoms with van der Waals surface area (Å²) in [6.07, 6.45) is -0.155. The molecule has 0 spiro atoms. The van der Waals surface area contributed by atoms with E-state index in [-0.39, 0.29) is 38.3 Å². The molecule has 11 heteroatoms. The average Bonchev–Trinajstić information content (AvgIpc) is 2.70. The van der Waals surface area contributed by atoms with Crippen LogP contribution in [0.5, 0.6) is 0 Å². The van der Waals surface area contributed by atoms with E-state index in [9.17, 15) is 25.3 Å². The smallest absolute Gasteiger partial charge is 0.307 e. The Morgan fingerprint density at radius 3 is 2.45 bits per heavy atom. The van der Waals surface area contributed by atoms with E-state index < -0.39 is 16.9 Å². The third-order valence-electron chi connectivity index (χ3n) is 4.37. The van der Waals surface area contributed by atoms with Crippen LogP contribution in [0.1, 0.15) is 30.5 Å². The lowest BCUT2D eigenvalue weighted by atomic mass is 10.0. The minimum absolute atomic E-state index is 0.00713. The van der Waals surface area contributed by atoms with Crippen molar-refractivity contribution < 1.29 is 24.9 Å². The van der Waals surface area contributed by atoms with E-state index >= 15 is 0 Å². The SMILES string of the molecule is CCOC(=O)CC(c1cc(Cl)cc(Cl)c1)N(O)CCN(O)Cc1cccc([N+](=O)[O-])c1. The van der Waals surface area contributed by atoms with Gasteiger partial charge in [0.2, 0.25) is 0 Å². The van der Waals surface area contributed by atoms with Crippen molar-refractivity contribution >= 4 is 34.9 Å². The number of carbonyl (C=O) groups excluding carboxylic acids is 1. The van der Waals surface area contributed by atoms with Gasteiger partial charge in [-0.1, -0.05) is 35.3 Å². The second-order valence-electron chi connectivity index (χ2n) is 6.71. The maximum atomic E-state index is 12.0. The molecule has 2 rings (SSSR count). The molecule has 31 heavy (non-hydrogen) atoms. The fourth-order valence-corrected chi connectivity index (χ4v) is 3.52. The van der Waals surface area contributed by atoms with Crippen LogP contribution in [0.25, 0.3) is 0 Å². The Labute approximate surface area is 189 Å². The summed E-state index contributed by atoms with van der Waals surface area (Å²) in [5.74, 6) is -0.514. The summed E-state index contributed by atoms with van der Waals surface area (Å²) in [4.78, 5) is 22.4. The van der Waals surface area contributed by atoms with Crippen LogP contribution in [-0.2, 0) is 16.1 Å². The Morgan fingerprint density at radius 1 is 1.16 bits per heavy atom. The summed E-state index contributed by atoms with van der Waals surface area (Å²) in [5, 5.41) is 34.2. The number of rotatable bonds is 11. The predicted molar refractivity (Wildman–Crippen MR) is 114 cm³/mol. The highest BCUT2D eigenvalue weighted by atomic mass is 35.5. The number of hydrogen-bond acceptors (Lipinski definition) is 8. The number of carbonyl (C=O) groups is 1. The molecule has 0 aliphatic rings. The van der Waals surface area contributed by atoms with Gasteiger partial charge in [0, 0.05) is 41.8 Å². The summed E-state index contributed by atoms with van der Waals surface area (Å²) in [5.41, 5.74) is 0.962. The third-order valence-corrected chi connectivity index (χ3v) is 4.80. The van der Waals surface area contributed by atoms with E-state index in [0.29, 0.717) is 21.2 Å². The van der Waals surface area contributed by atoms with Crippen molar-refractivity contribution in [1.29, 1.82) is 0 Å². The summed E-state index contributed by atoms with van der Waals surface area (Å²) >= 11 is 12.1. The quantitative estimate of drug-likeness (QED) is 0.279. The number of nitrogens with zero attached hydrogens (tertiary/aromatic N) is 3. The molecule has 0 bridgehead atoms. The first-order valence-electron chi connectivity index (χ1n) is 9.44. The first kappa shape index (κ1) is 25.0. The van der Waals surface area contributed by atoms with E-state index in [1.54, 1.807) is 25.1 Å². The van der Waals surface area contributed by atoms with Crippen LogP contribution in [0.4, 0.5) is 5.69 Å². The number of benzene rings is 2. The average molecular weight is 472 g/mol. The maximum Gasteiger partial charge on any atom is 0.307 e. The number of nitro benzene ring substituents is 1. The molecule has 2 N–H and O–H groups in total. The first-order valence-corrected chi connectivity index (χ1v) is 10.2. The molecule has 0 fully saturated rings. The highest BCUT2D eigenvalue weighted by molar-refractivity contribution is 6.34. The van der Waals surface area contributed by atoms with Crippen molar-refractivity contribution in [2.45, 2.75) is 25.9 Å². The minimum Gasteiger partial charge on any atom is -0.466 e. The molecule has 2 aromatic rings. The molecule has 2 aromatic carbocycles. The van der Waals surface area contributed by atoms with Crippen LogP contribution in [0.3, 0.4) is 0 Å². The number of halogens is 2. The van der Waals surface area contributed by atoms with Gasteiger partial charge in [0.15, 0.2) is 0 Å². The summed E-state index contributed by atoms with van der Waals surface area (Å²) < 4.78 is 4.98. The number of non-ortho nitro benzene ring substituents is 1. The number of ether oxygens (including phenoxy) is 1. The minimum atomic E-state index is -0.804. The number of hydrogen-bond donors (Lipinski definition) is 2. The summed E-state index contributed by atoms with van der Waals surface area (Å²) in [7, 11) is 0. The van der Waals surface area contributed by atoms with Crippen molar-refractivity contribution in [2.24, 2.45) is 0 Å². The molecule has 0 heterocycles. The van der Waals surface area contributed by atoms with E-state index in [4.69, 9.17) is 27.9 Å². The normalized spacial score (nSPS) is 12.2. The largest absolute Gasteiger partial charge is 0.466 e. The van der Waals surface area contributed by atoms with Gasteiger partial charge in [0.05, 0.1) is 24.0 Å². The lowest BCUT2D eigenvalue weighted by molar-refractivity contribution is -0.384. The molecule has 0 amide bonds. The topological polar surface area (TPSA) is 116 Å². The monoisotopic (exact) mass is 471 g/mol. The van der Waals surface area contributed by atoms with Gasteiger partial charge in [-0.2, -0.15) is 10.1 Å². The second kappa shape index (κ2) is 11.9. The van der Waals surface area contributed by atoms with Crippen LogP contribution in [-0.4, -0.2) is 51.1 Å². The molecule has 1 atom stereocenters. The van der Waals surface area contributed by atoms with Gasteiger partial charge >= 0.3 is 5.97 Å². The molecule has 0 saturated heterocycles. The van der Waals surface area contributed by atoms with Crippen molar-refractivity contribution in [3.8, 4) is 0 Å². The Bertz CT molecular complexity index is 894. The Balaban J connectivity index is 2.06.